The highest BCUT2D eigenvalue weighted by molar-refractivity contribution is 5.84. The topological polar surface area (TPSA) is 60.9 Å². The second-order valence-corrected chi connectivity index (χ2v) is 8.19. The maximum atomic E-state index is 13.3. The first-order valence-electron chi connectivity index (χ1n) is 10.5. The van der Waals surface area contributed by atoms with Crippen molar-refractivity contribution in [2.75, 3.05) is 19.6 Å². The van der Waals surface area contributed by atoms with Gasteiger partial charge in [0.05, 0.1) is 11.5 Å². The quantitative estimate of drug-likeness (QED) is 0.848. The molecule has 0 saturated carbocycles. The number of piperidine rings is 1. The van der Waals surface area contributed by atoms with E-state index in [9.17, 15) is 14.7 Å². The molecule has 2 aliphatic rings. The van der Waals surface area contributed by atoms with Gasteiger partial charge in [-0.05, 0) is 43.4 Å². The Hall–Kier alpha value is -2.66. The van der Waals surface area contributed by atoms with E-state index in [0.29, 0.717) is 25.9 Å². The summed E-state index contributed by atoms with van der Waals surface area (Å²) in [5, 5.41) is 9.97. The predicted molar refractivity (Wildman–Crippen MR) is 111 cm³/mol. The van der Waals surface area contributed by atoms with E-state index in [2.05, 4.69) is 17.0 Å². The number of benzene rings is 2. The third-order valence-electron chi connectivity index (χ3n) is 6.54. The van der Waals surface area contributed by atoms with Crippen LogP contribution >= 0.6 is 0 Å². The third kappa shape index (κ3) is 3.92. The summed E-state index contributed by atoms with van der Waals surface area (Å²) >= 11 is 0. The van der Waals surface area contributed by atoms with E-state index in [1.807, 2.05) is 53.4 Å². The van der Waals surface area contributed by atoms with E-state index in [1.54, 1.807) is 0 Å². The molecule has 5 nitrogen and oxygen atoms in total. The molecule has 5 heteroatoms. The van der Waals surface area contributed by atoms with Gasteiger partial charge in [0.1, 0.15) is 0 Å². The third-order valence-corrected chi connectivity index (χ3v) is 6.54. The van der Waals surface area contributed by atoms with E-state index in [-0.39, 0.29) is 11.9 Å². The average molecular weight is 392 g/mol. The Bertz CT molecular complexity index is 845. The van der Waals surface area contributed by atoms with Crippen LogP contribution in [0, 0.1) is 0 Å². The number of nitrogens with zero attached hydrogens (tertiary/aromatic N) is 2. The number of amides is 1. The van der Waals surface area contributed by atoms with E-state index in [1.165, 1.54) is 5.56 Å². The predicted octanol–water partition coefficient (Wildman–Crippen LogP) is 3.30. The highest BCUT2D eigenvalue weighted by Gasteiger charge is 2.45. The van der Waals surface area contributed by atoms with Gasteiger partial charge in [0, 0.05) is 19.6 Å². The molecule has 29 heavy (non-hydrogen) atoms. The Morgan fingerprint density at radius 1 is 0.931 bits per heavy atom. The lowest BCUT2D eigenvalue weighted by Crippen LogP contribution is -2.53. The normalized spacial score (nSPS) is 21.8. The standard InChI is InChI=1S/C24H28N2O3/c27-22(21-12-7-15-26(21)18-19-8-3-1-4-9-19)25-16-13-24(14-17-25,23(28)29)20-10-5-2-6-11-20/h1-6,8-11,21H,7,12-18H2,(H,28,29)/t21-/m0/s1. The summed E-state index contributed by atoms with van der Waals surface area (Å²) < 4.78 is 0. The van der Waals surface area contributed by atoms with Crippen LogP contribution in [0.15, 0.2) is 60.7 Å². The van der Waals surface area contributed by atoms with Crippen molar-refractivity contribution in [1.82, 2.24) is 9.80 Å². The summed E-state index contributed by atoms with van der Waals surface area (Å²) in [5.74, 6) is -0.632. The minimum absolute atomic E-state index is 0.0933. The molecule has 0 aromatic heterocycles. The minimum atomic E-state index is -0.891. The SMILES string of the molecule is O=C([C@@H]1CCCN1Cc1ccccc1)N1CCC(C(=O)O)(c2ccccc2)CC1. The number of carboxylic acid groups (broad SMARTS) is 1. The summed E-state index contributed by atoms with van der Waals surface area (Å²) in [5.41, 5.74) is 1.17. The lowest BCUT2D eigenvalue weighted by atomic mass is 9.72. The van der Waals surface area contributed by atoms with Crippen molar-refractivity contribution in [3.8, 4) is 0 Å². The van der Waals surface area contributed by atoms with Crippen LogP contribution in [-0.2, 0) is 21.5 Å². The van der Waals surface area contributed by atoms with Gasteiger partial charge in [-0.25, -0.2) is 0 Å². The van der Waals surface area contributed by atoms with Crippen LogP contribution in [0.1, 0.15) is 36.8 Å². The van der Waals surface area contributed by atoms with Gasteiger partial charge in [0.2, 0.25) is 5.91 Å². The summed E-state index contributed by atoms with van der Waals surface area (Å²) in [6.45, 7) is 2.71. The van der Waals surface area contributed by atoms with Crippen LogP contribution in [0.4, 0.5) is 0 Å². The first-order chi connectivity index (χ1) is 14.1. The van der Waals surface area contributed by atoms with Gasteiger partial charge >= 0.3 is 5.97 Å². The molecule has 2 heterocycles. The van der Waals surface area contributed by atoms with E-state index in [4.69, 9.17) is 0 Å². The Morgan fingerprint density at radius 2 is 1.55 bits per heavy atom. The summed E-state index contributed by atoms with van der Waals surface area (Å²) in [7, 11) is 0. The Kier molecular flexibility index (Phi) is 5.67. The lowest BCUT2D eigenvalue weighted by Gasteiger charge is -2.40. The molecule has 2 aromatic rings. The molecule has 1 amide bonds. The van der Waals surface area contributed by atoms with Crippen molar-refractivity contribution < 1.29 is 14.7 Å². The van der Waals surface area contributed by atoms with Gasteiger partial charge in [-0.2, -0.15) is 0 Å². The number of carbonyl (C=O) groups excluding carboxylic acids is 1. The smallest absolute Gasteiger partial charge is 0.314 e. The Morgan fingerprint density at radius 3 is 2.17 bits per heavy atom. The summed E-state index contributed by atoms with van der Waals surface area (Å²) in [4.78, 5) is 29.6. The van der Waals surface area contributed by atoms with Gasteiger partial charge in [-0.15, -0.1) is 0 Å². The number of rotatable bonds is 5. The molecule has 4 rings (SSSR count). The van der Waals surface area contributed by atoms with Crippen LogP contribution in [0.3, 0.4) is 0 Å². The van der Waals surface area contributed by atoms with Crippen molar-refractivity contribution in [3.05, 3.63) is 71.8 Å². The first kappa shape index (κ1) is 19.6. The monoisotopic (exact) mass is 392 g/mol. The highest BCUT2D eigenvalue weighted by Crippen LogP contribution is 2.36. The van der Waals surface area contributed by atoms with Crippen molar-refractivity contribution in [2.45, 2.75) is 43.7 Å². The summed E-state index contributed by atoms with van der Waals surface area (Å²) in [6, 6.07) is 19.6. The zero-order valence-corrected chi connectivity index (χ0v) is 16.7. The Balaban J connectivity index is 1.44. The van der Waals surface area contributed by atoms with E-state index >= 15 is 0 Å². The largest absolute Gasteiger partial charge is 0.481 e. The molecule has 0 aliphatic carbocycles. The average Bonchev–Trinajstić information content (AvgIpc) is 3.22. The fourth-order valence-electron chi connectivity index (χ4n) is 4.82. The number of likely N-dealkylation sites (tertiary alicyclic amines) is 2. The molecule has 2 saturated heterocycles. The van der Waals surface area contributed by atoms with Crippen LogP contribution in [-0.4, -0.2) is 52.5 Å². The lowest BCUT2D eigenvalue weighted by molar-refractivity contribution is -0.149. The van der Waals surface area contributed by atoms with Crippen molar-refractivity contribution in [1.29, 1.82) is 0 Å². The second-order valence-electron chi connectivity index (χ2n) is 8.19. The Labute approximate surface area is 171 Å². The molecule has 1 atom stereocenters. The van der Waals surface area contributed by atoms with Crippen LogP contribution in [0.2, 0.25) is 0 Å². The zero-order chi connectivity index (χ0) is 20.3. The van der Waals surface area contributed by atoms with Crippen LogP contribution in [0.25, 0.3) is 0 Å². The molecule has 2 aliphatic heterocycles. The molecule has 1 N–H and O–H groups in total. The van der Waals surface area contributed by atoms with Crippen LogP contribution < -0.4 is 0 Å². The summed E-state index contributed by atoms with van der Waals surface area (Å²) in [6.07, 6.45) is 2.83. The van der Waals surface area contributed by atoms with Gasteiger partial charge in [-0.3, -0.25) is 14.5 Å². The van der Waals surface area contributed by atoms with Gasteiger partial charge < -0.3 is 10.0 Å². The molecule has 2 fully saturated rings. The maximum absolute atomic E-state index is 13.3. The van der Waals surface area contributed by atoms with Crippen LogP contribution in [0.5, 0.6) is 0 Å². The zero-order valence-electron chi connectivity index (χ0n) is 16.7. The van der Waals surface area contributed by atoms with E-state index < -0.39 is 11.4 Å². The number of hydrogen-bond acceptors (Lipinski definition) is 3. The number of carboxylic acids is 1. The first-order valence-corrected chi connectivity index (χ1v) is 10.5. The highest BCUT2D eigenvalue weighted by atomic mass is 16.4. The van der Waals surface area contributed by atoms with Crippen molar-refractivity contribution >= 4 is 11.9 Å². The number of aliphatic carboxylic acids is 1. The van der Waals surface area contributed by atoms with Gasteiger partial charge in [-0.1, -0.05) is 60.7 Å². The number of carbonyl (C=O) groups is 2. The molecule has 2 aromatic carbocycles. The minimum Gasteiger partial charge on any atom is -0.481 e. The molecular weight excluding hydrogens is 364 g/mol. The van der Waals surface area contributed by atoms with Gasteiger partial charge in [0.15, 0.2) is 0 Å². The molecule has 0 unspecified atom stereocenters. The fraction of sp³-hybridized carbons (Fsp3) is 0.417. The maximum Gasteiger partial charge on any atom is 0.314 e. The van der Waals surface area contributed by atoms with Gasteiger partial charge in [0.25, 0.3) is 0 Å². The molecule has 152 valence electrons. The fourth-order valence-corrected chi connectivity index (χ4v) is 4.82. The van der Waals surface area contributed by atoms with Crippen molar-refractivity contribution in [3.63, 3.8) is 0 Å². The molecule has 0 radical (unpaired) electrons. The molecule has 0 bridgehead atoms. The van der Waals surface area contributed by atoms with E-state index in [0.717, 1.165) is 31.5 Å². The molecule has 0 spiro atoms. The molecular formula is C24H28N2O3. The van der Waals surface area contributed by atoms with Crippen molar-refractivity contribution in [2.24, 2.45) is 0 Å². The second kappa shape index (κ2) is 8.37. The number of hydrogen-bond donors (Lipinski definition) is 1.